The number of rotatable bonds is 3. The molecule has 0 aromatic heterocycles. The van der Waals surface area contributed by atoms with Gasteiger partial charge in [0.15, 0.2) is 5.78 Å². The van der Waals surface area contributed by atoms with Crippen molar-refractivity contribution in [2.24, 2.45) is 22.7 Å². The van der Waals surface area contributed by atoms with Crippen LogP contribution in [0, 0.1) is 22.7 Å². The number of esters is 1. The summed E-state index contributed by atoms with van der Waals surface area (Å²) in [7, 11) is 0. The Morgan fingerprint density at radius 3 is 2.72 bits per heavy atom. The van der Waals surface area contributed by atoms with Crippen LogP contribution in [0.15, 0.2) is 23.8 Å². The molecule has 1 N–H and O–H groups in total. The fourth-order valence-corrected chi connectivity index (χ4v) is 7.46. The van der Waals surface area contributed by atoms with Gasteiger partial charge in [-0.05, 0) is 63.0 Å². The van der Waals surface area contributed by atoms with E-state index >= 15 is 0 Å². The van der Waals surface area contributed by atoms with Gasteiger partial charge in [-0.1, -0.05) is 25.5 Å². The Morgan fingerprint density at radius 1 is 1.28 bits per heavy atom. The van der Waals surface area contributed by atoms with Crippen LogP contribution in [-0.4, -0.2) is 40.1 Å². The van der Waals surface area contributed by atoms with E-state index in [1.807, 2.05) is 13.0 Å². The molecule has 6 heteroatoms. The van der Waals surface area contributed by atoms with Crippen LogP contribution < -0.4 is 0 Å². The number of carbonyl (C=O) groups is 3. The number of hydrogen-bond donors (Lipinski definition) is 1. The number of aliphatic carboxylic acids is 1. The highest BCUT2D eigenvalue weighted by Crippen LogP contribution is 2.76. The lowest BCUT2D eigenvalue weighted by atomic mass is 9.47. The first-order valence-electron chi connectivity index (χ1n) is 10.7. The minimum atomic E-state index is -1.49. The van der Waals surface area contributed by atoms with Gasteiger partial charge in [-0.25, -0.2) is 4.79 Å². The molecule has 0 aromatic carbocycles. The molecule has 7 atom stereocenters. The first-order chi connectivity index (χ1) is 13.6. The summed E-state index contributed by atoms with van der Waals surface area (Å²) in [6.45, 7) is 5.84. The van der Waals surface area contributed by atoms with Gasteiger partial charge in [0, 0.05) is 17.3 Å². The van der Waals surface area contributed by atoms with E-state index in [4.69, 9.17) is 9.47 Å². The van der Waals surface area contributed by atoms with Crippen molar-refractivity contribution >= 4 is 17.7 Å². The third-order valence-electron chi connectivity index (χ3n) is 8.98. The van der Waals surface area contributed by atoms with Crippen molar-refractivity contribution < 1.29 is 29.0 Å². The lowest BCUT2D eigenvalue weighted by Gasteiger charge is -2.55. The summed E-state index contributed by atoms with van der Waals surface area (Å²) >= 11 is 0. The van der Waals surface area contributed by atoms with E-state index in [1.54, 1.807) is 19.1 Å². The molecule has 5 rings (SSSR count). The van der Waals surface area contributed by atoms with E-state index in [0.717, 1.165) is 18.4 Å². The lowest BCUT2D eigenvalue weighted by Crippen LogP contribution is -2.62. The highest BCUT2D eigenvalue weighted by Gasteiger charge is 2.82. The van der Waals surface area contributed by atoms with Gasteiger partial charge in [-0.3, -0.25) is 9.59 Å². The fraction of sp³-hybridized carbons (Fsp3) is 0.696. The third kappa shape index (κ3) is 2.03. The summed E-state index contributed by atoms with van der Waals surface area (Å²) in [5.41, 5.74) is -1.72. The average molecular weight is 400 g/mol. The lowest BCUT2D eigenvalue weighted by molar-refractivity contribution is -0.198. The van der Waals surface area contributed by atoms with Crippen molar-refractivity contribution in [3.8, 4) is 0 Å². The van der Waals surface area contributed by atoms with Crippen LogP contribution in [0.3, 0.4) is 0 Å². The first kappa shape index (κ1) is 19.0. The van der Waals surface area contributed by atoms with Crippen molar-refractivity contribution in [3.05, 3.63) is 23.8 Å². The smallest absolute Gasteiger partial charge is 0.348 e. The van der Waals surface area contributed by atoms with E-state index in [0.29, 0.717) is 19.3 Å². The van der Waals surface area contributed by atoms with Gasteiger partial charge in [-0.2, -0.15) is 0 Å². The zero-order chi connectivity index (χ0) is 20.8. The van der Waals surface area contributed by atoms with E-state index < -0.39 is 23.0 Å². The predicted octanol–water partition coefficient (Wildman–Crippen LogP) is 3.20. The predicted molar refractivity (Wildman–Crippen MR) is 103 cm³/mol. The number of carboxylic acids is 1. The zero-order valence-corrected chi connectivity index (χ0v) is 17.2. The molecule has 156 valence electrons. The molecule has 0 aromatic rings. The first-order valence-corrected chi connectivity index (χ1v) is 10.7. The molecule has 4 aliphatic carbocycles. The number of carbonyl (C=O) groups excluding carboxylic acids is 2. The standard InChI is InChI=1S/C23H28O6/c1-4-18(25)29-22(19(26)27)10-8-15-16-6-5-13-11-14(24)7-9-20(13,2)23(16)17(28-23)12-21(15,22)3/h7,9,11,15-17H,4-6,8,10,12H2,1-3H3,(H,26,27)/t15?,16?,17-,20?,21?,22-,23+/m0/s1. The Hall–Kier alpha value is -1.95. The van der Waals surface area contributed by atoms with Crippen molar-refractivity contribution in [1.82, 2.24) is 0 Å². The molecule has 29 heavy (non-hydrogen) atoms. The molecule has 6 nitrogen and oxygen atoms in total. The van der Waals surface area contributed by atoms with Gasteiger partial charge < -0.3 is 14.6 Å². The highest BCUT2D eigenvalue weighted by molar-refractivity contribution is 6.01. The summed E-state index contributed by atoms with van der Waals surface area (Å²) in [5, 5.41) is 10.2. The van der Waals surface area contributed by atoms with E-state index in [-0.39, 0.29) is 41.2 Å². The van der Waals surface area contributed by atoms with Crippen LogP contribution >= 0.6 is 0 Å². The average Bonchev–Trinajstić information content (AvgIpc) is 3.31. The van der Waals surface area contributed by atoms with Crippen LogP contribution in [0.25, 0.3) is 0 Å². The summed E-state index contributed by atoms with van der Waals surface area (Å²) in [6, 6.07) is 0. The number of ether oxygens (including phenoxy) is 2. The number of epoxide rings is 1. The topological polar surface area (TPSA) is 93.2 Å². The Labute approximate surface area is 170 Å². The maximum Gasteiger partial charge on any atom is 0.348 e. The molecule has 0 amide bonds. The van der Waals surface area contributed by atoms with Crippen LogP contribution in [0.1, 0.15) is 59.3 Å². The second-order valence-corrected chi connectivity index (χ2v) is 9.88. The number of ketones is 1. The van der Waals surface area contributed by atoms with Crippen molar-refractivity contribution in [2.45, 2.75) is 76.6 Å². The third-order valence-corrected chi connectivity index (χ3v) is 8.98. The Morgan fingerprint density at radius 2 is 2.03 bits per heavy atom. The molecular weight excluding hydrogens is 372 g/mol. The summed E-state index contributed by atoms with van der Waals surface area (Å²) in [6.07, 6.45) is 8.79. The molecule has 3 saturated carbocycles. The van der Waals surface area contributed by atoms with Crippen LogP contribution in [0.4, 0.5) is 0 Å². The number of fused-ring (bicyclic) bond motifs is 3. The van der Waals surface area contributed by atoms with Crippen LogP contribution in [0.5, 0.6) is 0 Å². The summed E-state index contributed by atoms with van der Waals surface area (Å²) in [5.74, 6) is -1.18. The quantitative estimate of drug-likeness (QED) is 0.578. The van der Waals surface area contributed by atoms with E-state index in [1.165, 1.54) is 0 Å². The molecule has 1 heterocycles. The second kappa shape index (κ2) is 5.60. The largest absolute Gasteiger partial charge is 0.478 e. The molecule has 0 bridgehead atoms. The Bertz CT molecular complexity index is 888. The van der Waals surface area contributed by atoms with Crippen LogP contribution in [0.2, 0.25) is 0 Å². The van der Waals surface area contributed by atoms with E-state index in [2.05, 4.69) is 6.92 Å². The van der Waals surface area contributed by atoms with Crippen molar-refractivity contribution in [2.75, 3.05) is 0 Å². The highest BCUT2D eigenvalue weighted by atomic mass is 16.6. The molecule has 1 aliphatic heterocycles. The Kier molecular flexibility index (Phi) is 3.67. The molecule has 1 spiro atoms. The van der Waals surface area contributed by atoms with Gasteiger partial charge in [0.05, 0.1) is 6.10 Å². The molecule has 4 fully saturated rings. The molecule has 5 aliphatic rings. The number of carboxylic acid groups (broad SMARTS) is 1. The van der Waals surface area contributed by atoms with Gasteiger partial charge in [-0.15, -0.1) is 0 Å². The minimum absolute atomic E-state index is 0.0300. The van der Waals surface area contributed by atoms with Gasteiger partial charge in [0.1, 0.15) is 5.60 Å². The van der Waals surface area contributed by atoms with Crippen molar-refractivity contribution in [3.63, 3.8) is 0 Å². The number of hydrogen-bond acceptors (Lipinski definition) is 5. The Balaban J connectivity index is 1.57. The molecule has 0 radical (unpaired) electrons. The molecule has 1 saturated heterocycles. The second-order valence-electron chi connectivity index (χ2n) is 9.88. The fourth-order valence-electron chi connectivity index (χ4n) is 7.46. The SMILES string of the molecule is CCC(=O)O[C@]1(C(=O)O)CCC2C3CCC4=CC(=O)C=CC4(C)[C@@]34O[C@H]4CC21C. The summed E-state index contributed by atoms with van der Waals surface area (Å²) in [4.78, 5) is 36.6. The van der Waals surface area contributed by atoms with Gasteiger partial charge >= 0.3 is 11.9 Å². The number of allylic oxidation sites excluding steroid dienone is 2. The molecular formula is C23H28O6. The minimum Gasteiger partial charge on any atom is -0.478 e. The maximum absolute atomic E-state index is 12.5. The molecule has 4 unspecified atom stereocenters. The van der Waals surface area contributed by atoms with Crippen molar-refractivity contribution in [1.29, 1.82) is 0 Å². The normalized spacial score (nSPS) is 49.3. The maximum atomic E-state index is 12.5. The van der Waals surface area contributed by atoms with Gasteiger partial charge in [0.2, 0.25) is 5.60 Å². The van der Waals surface area contributed by atoms with Crippen LogP contribution in [-0.2, 0) is 23.9 Å². The summed E-state index contributed by atoms with van der Waals surface area (Å²) < 4.78 is 12.2. The van der Waals surface area contributed by atoms with Gasteiger partial charge in [0.25, 0.3) is 0 Å². The monoisotopic (exact) mass is 400 g/mol. The van der Waals surface area contributed by atoms with E-state index in [9.17, 15) is 19.5 Å². The zero-order valence-electron chi connectivity index (χ0n) is 17.2.